The molecule has 1 N–H and O–H groups in total. The van der Waals surface area contributed by atoms with Gasteiger partial charge < -0.3 is 10.1 Å². The summed E-state index contributed by atoms with van der Waals surface area (Å²) in [5.74, 6) is -3.51. The van der Waals surface area contributed by atoms with Crippen molar-refractivity contribution in [2.24, 2.45) is 10.9 Å². The molecular weight excluding hydrogens is 609 g/mol. The van der Waals surface area contributed by atoms with Crippen LogP contribution in [0.1, 0.15) is 105 Å². The number of allylic oxidation sites excluding steroid dienone is 8. The summed E-state index contributed by atoms with van der Waals surface area (Å²) in [6.07, 6.45) is 20.7. The Labute approximate surface area is 283 Å². The first-order chi connectivity index (χ1) is 23.2. The van der Waals surface area contributed by atoms with E-state index in [0.29, 0.717) is 24.0 Å². The van der Waals surface area contributed by atoms with Gasteiger partial charge in [-0.25, -0.2) is 13.2 Å². The summed E-state index contributed by atoms with van der Waals surface area (Å²) in [5, 5.41) is 3.49. The van der Waals surface area contributed by atoms with Crippen molar-refractivity contribution in [3.8, 4) is 5.75 Å². The number of hydrogen-bond acceptors (Lipinski definition) is 4. The molecule has 4 nitrogen and oxygen atoms in total. The maximum atomic E-state index is 14.6. The van der Waals surface area contributed by atoms with Crippen molar-refractivity contribution in [1.29, 1.82) is 0 Å². The SMILES string of the molecule is CCC(F)(F)CC(CC/C1=C/CCCCCC1)CC(=O)c1ccc(N/C2=C\C/C=C\C=C3\C(c4ccc(OC)c(F)c4)=CN=C23)cc1C. The van der Waals surface area contributed by atoms with Crippen molar-refractivity contribution >= 4 is 22.8 Å². The maximum absolute atomic E-state index is 14.6. The smallest absolute Gasteiger partial charge is 0.248 e. The highest BCUT2D eigenvalue weighted by molar-refractivity contribution is 6.25. The van der Waals surface area contributed by atoms with Gasteiger partial charge in [0.1, 0.15) is 0 Å². The maximum Gasteiger partial charge on any atom is 0.248 e. The summed E-state index contributed by atoms with van der Waals surface area (Å²) in [5.41, 5.74) is 7.40. The minimum Gasteiger partial charge on any atom is -0.494 e. The number of nitrogens with one attached hydrogen (secondary N) is 1. The quantitative estimate of drug-likeness (QED) is 0.172. The summed E-state index contributed by atoms with van der Waals surface area (Å²) < 4.78 is 48.9. The van der Waals surface area contributed by atoms with E-state index < -0.39 is 11.7 Å². The largest absolute Gasteiger partial charge is 0.494 e. The molecule has 2 aromatic carbocycles. The number of nitrogens with zero attached hydrogens (tertiary/aromatic N) is 1. The van der Waals surface area contributed by atoms with Crippen molar-refractivity contribution in [2.45, 2.75) is 96.8 Å². The number of fused-ring (bicyclic) bond motifs is 1. The van der Waals surface area contributed by atoms with Gasteiger partial charge >= 0.3 is 0 Å². The summed E-state index contributed by atoms with van der Waals surface area (Å²) in [6.45, 7) is 3.40. The van der Waals surface area contributed by atoms with Crippen LogP contribution in [0, 0.1) is 18.7 Å². The highest BCUT2D eigenvalue weighted by Gasteiger charge is 2.32. The molecule has 0 aromatic heterocycles. The molecule has 0 bridgehead atoms. The summed E-state index contributed by atoms with van der Waals surface area (Å²) >= 11 is 0. The average molecular weight is 657 g/mol. The van der Waals surface area contributed by atoms with E-state index in [1.807, 2.05) is 49.4 Å². The van der Waals surface area contributed by atoms with Gasteiger partial charge in [0.2, 0.25) is 5.92 Å². The van der Waals surface area contributed by atoms with E-state index in [1.165, 1.54) is 44.9 Å². The molecule has 5 rings (SSSR count). The van der Waals surface area contributed by atoms with E-state index in [-0.39, 0.29) is 36.7 Å². The predicted octanol–water partition coefficient (Wildman–Crippen LogP) is 11.5. The van der Waals surface area contributed by atoms with Gasteiger partial charge in [0, 0.05) is 47.9 Å². The molecule has 48 heavy (non-hydrogen) atoms. The molecule has 0 radical (unpaired) electrons. The third-order valence-corrected chi connectivity index (χ3v) is 9.59. The van der Waals surface area contributed by atoms with E-state index >= 15 is 0 Å². The lowest BCUT2D eigenvalue weighted by molar-refractivity contribution is -0.0275. The number of anilines is 1. The highest BCUT2D eigenvalue weighted by atomic mass is 19.3. The van der Waals surface area contributed by atoms with Crippen LogP contribution in [0.2, 0.25) is 0 Å². The van der Waals surface area contributed by atoms with E-state index in [0.717, 1.165) is 59.5 Å². The first kappa shape index (κ1) is 35.2. The van der Waals surface area contributed by atoms with Crippen LogP contribution < -0.4 is 10.1 Å². The second kappa shape index (κ2) is 16.3. The standard InChI is InChI=1S/C41H47F3N2O2/c1-4-41(43,44)26-30(18-17-29-13-9-6-5-7-10-14-29)24-38(47)33-21-20-32(23-28(33)2)46-37-16-12-8-11-15-34-35(27-45-40(34)37)31-19-22-39(48-3)36(42)25-31/h8,11,13,15-16,19-23,25,27,30,46H,4-7,9-10,12,14,17-18,24,26H2,1-3H3/b11-8-,29-13+,34-15-,37-16-. The Morgan fingerprint density at radius 3 is 2.67 bits per heavy atom. The number of aliphatic imine (C=N–C) groups is 1. The molecule has 0 amide bonds. The lowest BCUT2D eigenvalue weighted by Gasteiger charge is -2.23. The number of carbonyl (C=O) groups is 1. The van der Waals surface area contributed by atoms with E-state index in [4.69, 9.17) is 9.73 Å². The molecule has 0 saturated carbocycles. The Kier molecular flexibility index (Phi) is 12.0. The number of rotatable bonds is 13. The van der Waals surface area contributed by atoms with Crippen LogP contribution in [0.5, 0.6) is 5.75 Å². The molecule has 0 fully saturated rings. The molecule has 1 unspecified atom stereocenters. The van der Waals surface area contributed by atoms with Gasteiger partial charge in [-0.15, -0.1) is 0 Å². The monoisotopic (exact) mass is 656 g/mol. The number of ether oxygens (including phenoxy) is 1. The Morgan fingerprint density at radius 2 is 1.90 bits per heavy atom. The Hall–Kier alpha value is -4.13. The molecule has 0 spiro atoms. The summed E-state index contributed by atoms with van der Waals surface area (Å²) in [4.78, 5) is 18.3. The average Bonchev–Trinajstić information content (AvgIpc) is 3.45. The van der Waals surface area contributed by atoms with Gasteiger partial charge in [0.05, 0.1) is 18.5 Å². The third kappa shape index (κ3) is 9.06. The van der Waals surface area contributed by atoms with Crippen LogP contribution in [0.4, 0.5) is 18.9 Å². The van der Waals surface area contributed by atoms with Crippen LogP contribution in [-0.4, -0.2) is 24.5 Å². The summed E-state index contributed by atoms with van der Waals surface area (Å²) in [6, 6.07) is 10.5. The molecule has 1 heterocycles. The normalized spacial score (nSPS) is 21.2. The van der Waals surface area contributed by atoms with E-state index in [9.17, 15) is 18.0 Å². The molecule has 3 aliphatic rings. The van der Waals surface area contributed by atoms with E-state index in [1.54, 1.807) is 18.3 Å². The lowest BCUT2D eigenvalue weighted by Crippen LogP contribution is -2.22. The molecule has 2 aliphatic carbocycles. The molecule has 7 heteroatoms. The molecular formula is C41H47F3N2O2. The zero-order valence-electron chi connectivity index (χ0n) is 28.4. The number of ketones is 1. The van der Waals surface area contributed by atoms with Crippen LogP contribution in [-0.2, 0) is 0 Å². The second-order valence-electron chi connectivity index (χ2n) is 13.1. The van der Waals surface area contributed by atoms with Gasteiger partial charge in [-0.05, 0) is 99.2 Å². The van der Waals surface area contributed by atoms with E-state index in [2.05, 4.69) is 11.4 Å². The zero-order chi connectivity index (χ0) is 34.1. The van der Waals surface area contributed by atoms with Crippen LogP contribution in [0.25, 0.3) is 5.57 Å². The van der Waals surface area contributed by atoms with Gasteiger partial charge in [0.25, 0.3) is 0 Å². The number of benzene rings is 2. The minimum atomic E-state index is -2.78. The number of carbonyl (C=O) groups excluding carboxylic acids is 1. The minimum absolute atomic E-state index is 0.0936. The predicted molar refractivity (Wildman–Crippen MR) is 190 cm³/mol. The molecule has 0 saturated heterocycles. The number of halogens is 3. The number of alkyl halides is 2. The molecule has 1 atom stereocenters. The first-order valence-electron chi connectivity index (χ1n) is 17.3. The summed E-state index contributed by atoms with van der Waals surface area (Å²) in [7, 11) is 1.44. The van der Waals surface area contributed by atoms with Crippen molar-refractivity contribution in [2.75, 3.05) is 12.4 Å². The molecule has 2 aromatic rings. The first-order valence-corrected chi connectivity index (χ1v) is 17.3. The van der Waals surface area contributed by atoms with Gasteiger partial charge in [0.15, 0.2) is 17.3 Å². The third-order valence-electron chi connectivity index (χ3n) is 9.59. The number of aryl methyl sites for hydroxylation is 1. The van der Waals surface area contributed by atoms with Crippen LogP contribution in [0.3, 0.4) is 0 Å². The van der Waals surface area contributed by atoms with Crippen molar-refractivity contribution < 1.29 is 22.7 Å². The number of Topliss-reactive ketones (excluding diaryl/α,β-unsaturated/α-hetero) is 1. The van der Waals surface area contributed by atoms with Gasteiger partial charge in [-0.1, -0.05) is 61.8 Å². The second-order valence-corrected chi connectivity index (χ2v) is 13.1. The fourth-order valence-corrected chi connectivity index (χ4v) is 6.78. The highest BCUT2D eigenvalue weighted by Crippen LogP contribution is 2.36. The number of methoxy groups -OCH3 is 1. The fourth-order valence-electron chi connectivity index (χ4n) is 6.78. The van der Waals surface area contributed by atoms with Crippen molar-refractivity contribution in [3.63, 3.8) is 0 Å². The Bertz CT molecular complexity index is 1680. The zero-order valence-corrected chi connectivity index (χ0v) is 28.4. The Balaban J connectivity index is 1.28. The van der Waals surface area contributed by atoms with Crippen LogP contribution >= 0.6 is 0 Å². The van der Waals surface area contributed by atoms with Crippen LogP contribution in [0.15, 0.2) is 94.8 Å². The fraction of sp³-hybridized carbons (Fsp3) is 0.415. The lowest BCUT2D eigenvalue weighted by atomic mass is 9.85. The number of hydrogen-bond donors (Lipinski definition) is 1. The topological polar surface area (TPSA) is 50.7 Å². The van der Waals surface area contributed by atoms with Gasteiger partial charge in [-0.2, -0.15) is 0 Å². The van der Waals surface area contributed by atoms with Crippen molar-refractivity contribution in [1.82, 2.24) is 0 Å². The van der Waals surface area contributed by atoms with Gasteiger partial charge in [-0.3, -0.25) is 9.79 Å². The van der Waals surface area contributed by atoms with Crippen molar-refractivity contribution in [3.05, 3.63) is 112 Å². The molecule has 1 aliphatic heterocycles. The Morgan fingerprint density at radius 1 is 1.06 bits per heavy atom. The molecule has 254 valence electrons.